The number of thioether (sulfide) groups is 1. The maximum absolute atomic E-state index is 12.1. The third-order valence-electron chi connectivity index (χ3n) is 3.48. The van der Waals surface area contributed by atoms with Gasteiger partial charge in [0.1, 0.15) is 5.78 Å². The van der Waals surface area contributed by atoms with Crippen LogP contribution in [-0.2, 0) is 18.3 Å². The van der Waals surface area contributed by atoms with E-state index in [1.807, 2.05) is 25.7 Å². The number of ketones is 1. The van der Waals surface area contributed by atoms with Crippen LogP contribution in [0, 0.1) is 12.8 Å². The van der Waals surface area contributed by atoms with E-state index < -0.39 is 0 Å². The summed E-state index contributed by atoms with van der Waals surface area (Å²) in [6.45, 7) is 1.87. The maximum atomic E-state index is 12.1. The molecule has 1 aromatic heterocycles. The number of hydrogen-bond acceptors (Lipinski definition) is 3. The van der Waals surface area contributed by atoms with E-state index in [4.69, 9.17) is 11.6 Å². The second-order valence-electron chi connectivity index (χ2n) is 4.95. The molecule has 18 heavy (non-hydrogen) atoms. The molecule has 5 heteroatoms. The molecule has 0 bridgehead atoms. The number of halogens is 1. The van der Waals surface area contributed by atoms with E-state index >= 15 is 0 Å². The van der Waals surface area contributed by atoms with Crippen molar-refractivity contribution in [3.63, 3.8) is 0 Å². The quantitative estimate of drug-likeness (QED) is 0.853. The Balaban J connectivity index is 1.94. The molecule has 0 N–H and O–H groups in total. The first-order valence-corrected chi connectivity index (χ1v) is 7.88. The van der Waals surface area contributed by atoms with Gasteiger partial charge in [-0.3, -0.25) is 9.48 Å². The maximum Gasteiger partial charge on any atom is 0.139 e. The predicted molar refractivity (Wildman–Crippen MR) is 76.3 cm³/mol. The molecule has 2 heterocycles. The van der Waals surface area contributed by atoms with E-state index in [1.54, 1.807) is 4.68 Å². The first kappa shape index (κ1) is 13.9. The van der Waals surface area contributed by atoms with Crippen LogP contribution in [-0.4, -0.2) is 27.1 Å². The van der Waals surface area contributed by atoms with Gasteiger partial charge in [-0.25, -0.2) is 0 Å². The third kappa shape index (κ3) is 3.29. The summed E-state index contributed by atoms with van der Waals surface area (Å²) in [6, 6.07) is 0. The van der Waals surface area contributed by atoms with Gasteiger partial charge in [0.05, 0.1) is 16.4 Å². The third-order valence-corrected chi connectivity index (χ3v) is 5.02. The summed E-state index contributed by atoms with van der Waals surface area (Å²) in [6.07, 6.45) is 3.46. The summed E-state index contributed by atoms with van der Waals surface area (Å²) in [4.78, 5) is 12.1. The van der Waals surface area contributed by atoms with Crippen molar-refractivity contribution >= 4 is 29.1 Å². The molecule has 1 fully saturated rings. The minimum absolute atomic E-state index is 0.289. The molecule has 0 spiro atoms. The van der Waals surface area contributed by atoms with Crippen LogP contribution in [0.5, 0.6) is 0 Å². The topological polar surface area (TPSA) is 34.9 Å². The Labute approximate surface area is 117 Å². The summed E-state index contributed by atoms with van der Waals surface area (Å²) in [5.41, 5.74) is 1.65. The fourth-order valence-electron chi connectivity index (χ4n) is 2.40. The molecule has 100 valence electrons. The molecule has 0 aromatic carbocycles. The number of nitrogens with zero attached hydrogens (tertiary/aromatic N) is 2. The molecule has 0 atom stereocenters. The number of rotatable bonds is 4. The zero-order valence-corrected chi connectivity index (χ0v) is 12.5. The smallest absolute Gasteiger partial charge is 0.139 e. The van der Waals surface area contributed by atoms with Crippen molar-refractivity contribution < 1.29 is 4.79 Å². The molecule has 1 aliphatic rings. The van der Waals surface area contributed by atoms with E-state index in [9.17, 15) is 4.79 Å². The van der Waals surface area contributed by atoms with Gasteiger partial charge in [0.25, 0.3) is 0 Å². The van der Waals surface area contributed by atoms with Gasteiger partial charge < -0.3 is 0 Å². The van der Waals surface area contributed by atoms with Crippen molar-refractivity contribution in [2.24, 2.45) is 13.0 Å². The van der Waals surface area contributed by atoms with E-state index in [0.717, 1.165) is 11.4 Å². The fourth-order valence-corrected chi connectivity index (χ4v) is 3.83. The lowest BCUT2D eigenvalue weighted by Gasteiger charge is -2.20. The van der Waals surface area contributed by atoms with Gasteiger partial charge in [-0.2, -0.15) is 16.9 Å². The Morgan fingerprint density at radius 3 is 2.72 bits per heavy atom. The molecule has 0 unspecified atom stereocenters. The van der Waals surface area contributed by atoms with Gasteiger partial charge in [-0.1, -0.05) is 11.6 Å². The van der Waals surface area contributed by atoms with Crippen LogP contribution in [0.3, 0.4) is 0 Å². The van der Waals surface area contributed by atoms with Crippen molar-refractivity contribution in [2.75, 3.05) is 11.5 Å². The molecule has 0 saturated carbocycles. The number of aromatic nitrogens is 2. The molecule has 2 rings (SSSR count). The number of carbonyl (C=O) groups is 1. The van der Waals surface area contributed by atoms with Crippen molar-refractivity contribution in [3.8, 4) is 0 Å². The second-order valence-corrected chi connectivity index (χ2v) is 6.55. The lowest BCUT2D eigenvalue weighted by molar-refractivity contribution is -0.119. The second kappa shape index (κ2) is 6.11. The SMILES string of the molecule is Cc1nn(C)c(CC(=O)CC2CCSCC2)c1Cl. The van der Waals surface area contributed by atoms with Crippen molar-refractivity contribution in [1.29, 1.82) is 0 Å². The molecular formula is C13H19ClN2OS. The molecule has 0 amide bonds. The van der Waals surface area contributed by atoms with Gasteiger partial charge >= 0.3 is 0 Å². The molecule has 1 saturated heterocycles. The van der Waals surface area contributed by atoms with E-state index in [2.05, 4.69) is 5.10 Å². The van der Waals surface area contributed by atoms with Crippen molar-refractivity contribution in [2.45, 2.75) is 32.6 Å². The fraction of sp³-hybridized carbons (Fsp3) is 0.692. The van der Waals surface area contributed by atoms with Gasteiger partial charge in [0, 0.05) is 19.9 Å². The lowest BCUT2D eigenvalue weighted by Crippen LogP contribution is -2.16. The molecule has 0 aliphatic carbocycles. The van der Waals surface area contributed by atoms with Gasteiger partial charge in [0.15, 0.2) is 0 Å². The Hall–Kier alpha value is -0.480. The minimum Gasteiger partial charge on any atom is -0.299 e. The van der Waals surface area contributed by atoms with Crippen LogP contribution in [0.1, 0.15) is 30.7 Å². The van der Waals surface area contributed by atoms with Crippen LogP contribution in [0.2, 0.25) is 5.02 Å². The number of carbonyl (C=O) groups excluding carboxylic acids is 1. The predicted octanol–water partition coefficient (Wildman–Crippen LogP) is 3.03. The summed E-state index contributed by atoms with van der Waals surface area (Å²) < 4.78 is 1.73. The van der Waals surface area contributed by atoms with Gasteiger partial charge in [-0.15, -0.1) is 0 Å². The highest BCUT2D eigenvalue weighted by atomic mass is 35.5. The minimum atomic E-state index is 0.289. The number of aryl methyl sites for hydroxylation is 2. The van der Waals surface area contributed by atoms with Gasteiger partial charge in [0.2, 0.25) is 0 Å². The molecular weight excluding hydrogens is 268 g/mol. The average Bonchev–Trinajstić information content (AvgIpc) is 2.57. The highest BCUT2D eigenvalue weighted by Crippen LogP contribution is 2.27. The van der Waals surface area contributed by atoms with E-state index in [-0.39, 0.29) is 5.78 Å². The highest BCUT2D eigenvalue weighted by molar-refractivity contribution is 7.99. The Morgan fingerprint density at radius 2 is 2.17 bits per heavy atom. The van der Waals surface area contributed by atoms with E-state index in [1.165, 1.54) is 24.3 Å². The van der Waals surface area contributed by atoms with E-state index in [0.29, 0.717) is 23.8 Å². The van der Waals surface area contributed by atoms with Crippen LogP contribution in [0.25, 0.3) is 0 Å². The van der Waals surface area contributed by atoms with Crippen LogP contribution < -0.4 is 0 Å². The average molecular weight is 287 g/mol. The van der Waals surface area contributed by atoms with Crippen LogP contribution >= 0.6 is 23.4 Å². The highest BCUT2D eigenvalue weighted by Gasteiger charge is 2.20. The first-order chi connectivity index (χ1) is 8.58. The number of Topliss-reactive ketones (excluding diaryl/α,β-unsaturated/α-hetero) is 1. The van der Waals surface area contributed by atoms with Crippen LogP contribution in [0.15, 0.2) is 0 Å². The standard InChI is InChI=1S/C13H19ClN2OS/c1-9-13(14)12(16(2)15-9)8-11(17)7-10-3-5-18-6-4-10/h10H,3-8H2,1-2H3. The molecule has 0 radical (unpaired) electrons. The zero-order chi connectivity index (χ0) is 13.1. The molecule has 1 aliphatic heterocycles. The monoisotopic (exact) mass is 286 g/mol. The van der Waals surface area contributed by atoms with Crippen molar-refractivity contribution in [3.05, 3.63) is 16.4 Å². The molecule has 1 aromatic rings. The summed E-state index contributed by atoms with van der Waals surface area (Å²) in [5, 5.41) is 4.88. The summed E-state index contributed by atoms with van der Waals surface area (Å²) >= 11 is 8.15. The largest absolute Gasteiger partial charge is 0.299 e. The Kier molecular flexibility index (Phi) is 4.73. The van der Waals surface area contributed by atoms with Crippen molar-refractivity contribution in [1.82, 2.24) is 9.78 Å². The van der Waals surface area contributed by atoms with Crippen LogP contribution in [0.4, 0.5) is 0 Å². The number of hydrogen-bond donors (Lipinski definition) is 0. The Morgan fingerprint density at radius 1 is 1.50 bits per heavy atom. The first-order valence-electron chi connectivity index (χ1n) is 6.35. The zero-order valence-electron chi connectivity index (χ0n) is 10.9. The normalized spacial score (nSPS) is 17.1. The lowest BCUT2D eigenvalue weighted by atomic mass is 9.95. The summed E-state index contributed by atoms with van der Waals surface area (Å²) in [7, 11) is 1.85. The Bertz CT molecular complexity index is 438. The summed E-state index contributed by atoms with van der Waals surface area (Å²) in [5.74, 6) is 3.26. The van der Waals surface area contributed by atoms with Gasteiger partial charge in [-0.05, 0) is 37.2 Å². The molecule has 3 nitrogen and oxygen atoms in total.